The average molecular weight is 379 g/mol. The molecule has 2 heterocycles. The number of aromatic nitrogens is 1. The van der Waals surface area contributed by atoms with Gasteiger partial charge in [-0.05, 0) is 25.5 Å². The van der Waals surface area contributed by atoms with E-state index in [0.717, 1.165) is 49.0 Å². The molecule has 1 aliphatic heterocycles. The van der Waals surface area contributed by atoms with E-state index in [1.165, 1.54) is 4.88 Å². The largest absolute Gasteiger partial charge is 0.368 e. The molecule has 1 fully saturated rings. The van der Waals surface area contributed by atoms with Gasteiger partial charge in [-0.2, -0.15) is 0 Å². The number of para-hydroxylation sites is 1. The van der Waals surface area contributed by atoms with Gasteiger partial charge in [-0.15, -0.1) is 11.3 Å². The van der Waals surface area contributed by atoms with E-state index in [9.17, 15) is 4.79 Å². The summed E-state index contributed by atoms with van der Waals surface area (Å²) in [5, 5.41) is 4.41. The Balaban J connectivity index is 1.50. The van der Waals surface area contributed by atoms with Crippen LogP contribution >= 0.6 is 22.9 Å². The van der Waals surface area contributed by atoms with Crippen LogP contribution in [0, 0.1) is 6.92 Å². The maximum Gasteiger partial charge on any atom is 0.240 e. The molecule has 1 aromatic heterocycles. The first-order chi connectivity index (χ1) is 12.1. The maximum atomic E-state index is 12.3. The Morgan fingerprint density at radius 2 is 2.00 bits per heavy atom. The van der Waals surface area contributed by atoms with E-state index in [4.69, 9.17) is 11.6 Å². The van der Waals surface area contributed by atoms with Crippen molar-refractivity contribution in [1.29, 1.82) is 0 Å². The molecule has 1 aliphatic rings. The predicted molar refractivity (Wildman–Crippen MR) is 105 cm³/mol. The average Bonchev–Trinajstić information content (AvgIpc) is 2.95. The Morgan fingerprint density at radius 3 is 2.64 bits per heavy atom. The third kappa shape index (κ3) is 4.51. The minimum Gasteiger partial charge on any atom is -0.368 e. The molecule has 1 N–H and O–H groups in total. The molecule has 7 heteroatoms. The molecule has 0 unspecified atom stereocenters. The van der Waals surface area contributed by atoms with Crippen molar-refractivity contribution >= 4 is 39.7 Å². The molecule has 0 bridgehead atoms. The van der Waals surface area contributed by atoms with E-state index in [1.54, 1.807) is 11.3 Å². The van der Waals surface area contributed by atoms with Crippen molar-refractivity contribution in [3.63, 3.8) is 0 Å². The van der Waals surface area contributed by atoms with Gasteiger partial charge in [0.05, 0.1) is 22.9 Å². The third-order valence-corrected chi connectivity index (χ3v) is 5.65. The standard InChI is InChI=1S/C18H23ClN4OS/c1-3-15-13(2)25-18(20-15)21-17(24)12-22-8-10-23(11-9-22)16-7-5-4-6-14(16)19/h4-7H,3,8-12H2,1-2H3,(H,20,21,24). The highest BCUT2D eigenvalue weighted by Crippen LogP contribution is 2.26. The van der Waals surface area contributed by atoms with Crippen LogP contribution in [0.1, 0.15) is 17.5 Å². The first kappa shape index (κ1) is 18.2. The van der Waals surface area contributed by atoms with E-state index in [2.05, 4.69) is 27.0 Å². The van der Waals surface area contributed by atoms with E-state index in [0.29, 0.717) is 11.7 Å². The quantitative estimate of drug-likeness (QED) is 0.865. The third-order valence-electron chi connectivity index (χ3n) is 4.41. The van der Waals surface area contributed by atoms with Gasteiger partial charge in [-0.1, -0.05) is 30.7 Å². The van der Waals surface area contributed by atoms with Crippen LogP contribution in [0.3, 0.4) is 0 Å². The van der Waals surface area contributed by atoms with Crippen LogP contribution in [0.2, 0.25) is 5.02 Å². The molecular weight excluding hydrogens is 356 g/mol. The fraction of sp³-hybridized carbons (Fsp3) is 0.444. The van der Waals surface area contributed by atoms with Crippen molar-refractivity contribution in [2.45, 2.75) is 20.3 Å². The number of carbonyl (C=O) groups is 1. The Kier molecular flexibility index (Phi) is 5.93. The zero-order chi connectivity index (χ0) is 17.8. The molecule has 1 amide bonds. The summed E-state index contributed by atoms with van der Waals surface area (Å²) in [4.78, 5) is 22.4. The number of nitrogens with one attached hydrogen (secondary N) is 1. The van der Waals surface area contributed by atoms with Crippen LogP contribution < -0.4 is 10.2 Å². The van der Waals surface area contributed by atoms with Gasteiger partial charge in [-0.3, -0.25) is 9.69 Å². The van der Waals surface area contributed by atoms with Gasteiger partial charge in [0.25, 0.3) is 0 Å². The van der Waals surface area contributed by atoms with Crippen molar-refractivity contribution < 1.29 is 4.79 Å². The highest BCUT2D eigenvalue weighted by molar-refractivity contribution is 7.15. The fourth-order valence-corrected chi connectivity index (χ4v) is 4.20. The molecule has 2 aromatic rings. The highest BCUT2D eigenvalue weighted by atomic mass is 35.5. The summed E-state index contributed by atoms with van der Waals surface area (Å²) in [6, 6.07) is 7.90. The lowest BCUT2D eigenvalue weighted by atomic mass is 10.2. The Bertz CT molecular complexity index is 740. The van der Waals surface area contributed by atoms with E-state index < -0.39 is 0 Å². The SMILES string of the molecule is CCc1nc(NC(=O)CN2CCN(c3ccccc3Cl)CC2)sc1C. The molecule has 0 spiro atoms. The number of halogens is 1. The number of hydrogen-bond acceptors (Lipinski definition) is 5. The van der Waals surface area contributed by atoms with Crippen molar-refractivity contribution in [2.75, 3.05) is 42.9 Å². The monoisotopic (exact) mass is 378 g/mol. The van der Waals surface area contributed by atoms with E-state index in [1.807, 2.05) is 31.2 Å². The van der Waals surface area contributed by atoms with Crippen LogP contribution in [0.5, 0.6) is 0 Å². The lowest BCUT2D eigenvalue weighted by molar-refractivity contribution is -0.117. The molecule has 25 heavy (non-hydrogen) atoms. The molecule has 0 saturated carbocycles. The lowest BCUT2D eigenvalue weighted by Crippen LogP contribution is -2.48. The summed E-state index contributed by atoms with van der Waals surface area (Å²) in [5.41, 5.74) is 2.13. The number of piperazine rings is 1. The number of amides is 1. The van der Waals surface area contributed by atoms with Gasteiger partial charge in [0.2, 0.25) is 5.91 Å². The smallest absolute Gasteiger partial charge is 0.240 e. The van der Waals surface area contributed by atoms with Gasteiger partial charge in [0, 0.05) is 31.1 Å². The van der Waals surface area contributed by atoms with Crippen molar-refractivity contribution in [3.8, 4) is 0 Å². The second kappa shape index (κ2) is 8.17. The van der Waals surface area contributed by atoms with Crippen LogP contribution in [-0.4, -0.2) is 48.5 Å². The van der Waals surface area contributed by atoms with Crippen LogP contribution in [0.15, 0.2) is 24.3 Å². The zero-order valence-electron chi connectivity index (χ0n) is 14.6. The number of nitrogens with zero attached hydrogens (tertiary/aromatic N) is 3. The number of aryl methyl sites for hydroxylation is 2. The van der Waals surface area contributed by atoms with Gasteiger partial charge >= 0.3 is 0 Å². The molecule has 0 aliphatic carbocycles. The second-order valence-electron chi connectivity index (χ2n) is 6.14. The molecule has 1 aromatic carbocycles. The summed E-state index contributed by atoms with van der Waals surface area (Å²) < 4.78 is 0. The molecule has 5 nitrogen and oxygen atoms in total. The maximum absolute atomic E-state index is 12.3. The molecule has 0 atom stereocenters. The number of thiazole rings is 1. The highest BCUT2D eigenvalue weighted by Gasteiger charge is 2.21. The summed E-state index contributed by atoms with van der Waals surface area (Å²) in [6.45, 7) is 7.94. The summed E-state index contributed by atoms with van der Waals surface area (Å²) in [7, 11) is 0. The summed E-state index contributed by atoms with van der Waals surface area (Å²) in [6.07, 6.45) is 0.891. The minimum absolute atomic E-state index is 0.00240. The van der Waals surface area contributed by atoms with E-state index >= 15 is 0 Å². The van der Waals surface area contributed by atoms with Crippen LogP contribution in [-0.2, 0) is 11.2 Å². The molecule has 134 valence electrons. The second-order valence-corrected chi connectivity index (χ2v) is 7.75. The Morgan fingerprint density at radius 1 is 1.28 bits per heavy atom. The molecule has 1 saturated heterocycles. The molecule has 3 rings (SSSR count). The zero-order valence-corrected chi connectivity index (χ0v) is 16.2. The van der Waals surface area contributed by atoms with Gasteiger partial charge < -0.3 is 10.2 Å². The van der Waals surface area contributed by atoms with E-state index in [-0.39, 0.29) is 5.91 Å². The van der Waals surface area contributed by atoms with Crippen molar-refractivity contribution in [3.05, 3.63) is 39.9 Å². The van der Waals surface area contributed by atoms with Gasteiger partial charge in [0.1, 0.15) is 0 Å². The number of anilines is 2. The Labute approximate surface area is 157 Å². The number of hydrogen-bond donors (Lipinski definition) is 1. The Hall–Kier alpha value is -1.63. The molecular formula is C18H23ClN4OS. The topological polar surface area (TPSA) is 48.5 Å². The normalized spacial score (nSPS) is 15.4. The molecule has 0 radical (unpaired) electrons. The minimum atomic E-state index is 0.00240. The first-order valence-electron chi connectivity index (χ1n) is 8.54. The van der Waals surface area contributed by atoms with Gasteiger partial charge in [-0.25, -0.2) is 4.98 Å². The first-order valence-corrected chi connectivity index (χ1v) is 9.74. The predicted octanol–water partition coefficient (Wildman–Crippen LogP) is 3.43. The number of carbonyl (C=O) groups excluding carboxylic acids is 1. The number of benzene rings is 1. The van der Waals surface area contributed by atoms with Crippen LogP contribution in [0.25, 0.3) is 0 Å². The fourth-order valence-electron chi connectivity index (χ4n) is 3.03. The van der Waals surface area contributed by atoms with Gasteiger partial charge in [0.15, 0.2) is 5.13 Å². The summed E-state index contributed by atoms with van der Waals surface area (Å²) in [5.74, 6) is 0.00240. The van der Waals surface area contributed by atoms with Crippen LogP contribution in [0.4, 0.5) is 10.8 Å². The van der Waals surface area contributed by atoms with Crippen molar-refractivity contribution in [2.24, 2.45) is 0 Å². The summed E-state index contributed by atoms with van der Waals surface area (Å²) >= 11 is 7.81. The van der Waals surface area contributed by atoms with Crippen molar-refractivity contribution in [1.82, 2.24) is 9.88 Å². The number of rotatable bonds is 5. The lowest BCUT2D eigenvalue weighted by Gasteiger charge is -2.36.